The third-order valence-electron chi connectivity index (χ3n) is 3.58. The molecule has 0 unspecified atom stereocenters. The van der Waals surface area contributed by atoms with Crippen molar-refractivity contribution in [3.63, 3.8) is 0 Å². The summed E-state index contributed by atoms with van der Waals surface area (Å²) in [4.78, 5) is 25.0. The van der Waals surface area contributed by atoms with Gasteiger partial charge in [0.2, 0.25) is 0 Å². The highest BCUT2D eigenvalue weighted by Gasteiger charge is 2.11. The fraction of sp³-hybridized carbons (Fsp3) is 0.692. The van der Waals surface area contributed by atoms with Crippen molar-refractivity contribution in [2.45, 2.75) is 51.1 Å². The summed E-state index contributed by atoms with van der Waals surface area (Å²) >= 11 is 3.13. The fourth-order valence-electron chi connectivity index (χ4n) is 2.51. The lowest BCUT2D eigenvalue weighted by atomic mass is 9.95. The zero-order valence-corrected chi connectivity index (χ0v) is 12.5. The lowest BCUT2D eigenvalue weighted by Gasteiger charge is -2.22. The smallest absolute Gasteiger partial charge is 0.314 e. The molecule has 1 aromatic heterocycles. The summed E-state index contributed by atoms with van der Waals surface area (Å²) in [5.41, 5.74) is -0.715. The number of nitrogens with one attached hydrogen (secondary N) is 2. The van der Waals surface area contributed by atoms with Gasteiger partial charge in [0.1, 0.15) is 0 Å². The first-order valence-corrected chi connectivity index (χ1v) is 7.69. The maximum Gasteiger partial charge on any atom is 0.328 e. The number of rotatable bonds is 5. The maximum absolute atomic E-state index is 11.6. The molecule has 106 valence electrons. The van der Waals surface area contributed by atoms with Crippen LogP contribution in [0.15, 0.2) is 20.3 Å². The maximum atomic E-state index is 11.6. The highest BCUT2D eigenvalue weighted by Crippen LogP contribution is 2.17. The average molecular weight is 330 g/mol. The van der Waals surface area contributed by atoms with Gasteiger partial charge >= 0.3 is 5.69 Å². The molecule has 1 saturated carbocycles. The van der Waals surface area contributed by atoms with Crippen LogP contribution in [0.2, 0.25) is 0 Å². The van der Waals surface area contributed by atoms with Crippen LogP contribution < -0.4 is 16.6 Å². The number of hydrogen-bond donors (Lipinski definition) is 2. The molecule has 5 nitrogen and oxygen atoms in total. The summed E-state index contributed by atoms with van der Waals surface area (Å²) in [6, 6.07) is 0.646. The Morgan fingerprint density at radius 2 is 2.05 bits per heavy atom. The Bertz CT molecular complexity index is 517. The van der Waals surface area contributed by atoms with Crippen LogP contribution in [0.25, 0.3) is 0 Å². The molecule has 0 atom stereocenters. The van der Waals surface area contributed by atoms with Gasteiger partial charge in [-0.1, -0.05) is 19.3 Å². The minimum atomic E-state index is -0.374. The first kappa shape index (κ1) is 14.5. The van der Waals surface area contributed by atoms with Crippen LogP contribution in [0.5, 0.6) is 0 Å². The summed E-state index contributed by atoms with van der Waals surface area (Å²) in [5, 5.41) is 3.54. The van der Waals surface area contributed by atoms with E-state index >= 15 is 0 Å². The van der Waals surface area contributed by atoms with Crippen molar-refractivity contribution in [3.05, 3.63) is 31.5 Å². The highest BCUT2D eigenvalue weighted by molar-refractivity contribution is 9.10. The monoisotopic (exact) mass is 329 g/mol. The number of aromatic amines is 1. The molecule has 0 spiro atoms. The van der Waals surface area contributed by atoms with Crippen molar-refractivity contribution in [1.82, 2.24) is 14.9 Å². The molecular weight excluding hydrogens is 310 g/mol. The van der Waals surface area contributed by atoms with Crippen molar-refractivity contribution in [3.8, 4) is 0 Å². The van der Waals surface area contributed by atoms with E-state index in [0.717, 1.165) is 13.0 Å². The molecule has 1 aliphatic rings. The molecule has 6 heteroatoms. The van der Waals surface area contributed by atoms with E-state index < -0.39 is 0 Å². The molecule has 1 heterocycles. The van der Waals surface area contributed by atoms with Gasteiger partial charge in [0, 0.05) is 18.8 Å². The Kier molecular flexibility index (Phi) is 5.39. The van der Waals surface area contributed by atoms with Crippen LogP contribution in [-0.4, -0.2) is 22.1 Å². The predicted octanol–water partition coefficient (Wildman–Crippen LogP) is 1.61. The third-order valence-corrected chi connectivity index (χ3v) is 4.15. The average Bonchev–Trinajstić information content (AvgIpc) is 2.41. The lowest BCUT2D eigenvalue weighted by molar-refractivity contribution is 0.368. The normalized spacial score (nSPS) is 16.7. The van der Waals surface area contributed by atoms with Gasteiger partial charge in [-0.2, -0.15) is 0 Å². The number of H-pyrrole nitrogens is 1. The second-order valence-electron chi connectivity index (χ2n) is 5.07. The summed E-state index contributed by atoms with van der Waals surface area (Å²) in [5.74, 6) is 0. The number of aryl methyl sites for hydroxylation is 1. The third kappa shape index (κ3) is 4.31. The topological polar surface area (TPSA) is 66.9 Å². The molecule has 2 rings (SSSR count). The van der Waals surface area contributed by atoms with E-state index in [0.29, 0.717) is 17.1 Å². The molecule has 1 fully saturated rings. The Labute approximate surface area is 120 Å². The first-order chi connectivity index (χ1) is 9.16. The molecule has 0 aromatic carbocycles. The molecule has 1 aliphatic carbocycles. The summed E-state index contributed by atoms with van der Waals surface area (Å²) in [7, 11) is 0. The molecule has 19 heavy (non-hydrogen) atoms. The van der Waals surface area contributed by atoms with E-state index in [4.69, 9.17) is 0 Å². The standard InChI is InChI=1S/C13H20BrN3O2/c14-11-9-17(13(19)16-12(11)18)8-4-7-15-10-5-2-1-3-6-10/h9-10,15H,1-8H2,(H,16,18,19). The van der Waals surface area contributed by atoms with E-state index in [1.807, 2.05) is 0 Å². The molecule has 0 amide bonds. The van der Waals surface area contributed by atoms with Gasteiger partial charge in [-0.15, -0.1) is 0 Å². The van der Waals surface area contributed by atoms with Crippen LogP contribution in [-0.2, 0) is 6.54 Å². The van der Waals surface area contributed by atoms with Crippen molar-refractivity contribution in [2.24, 2.45) is 0 Å². The van der Waals surface area contributed by atoms with Crippen molar-refractivity contribution in [2.75, 3.05) is 6.54 Å². The summed E-state index contributed by atoms with van der Waals surface area (Å²) in [6.07, 6.45) is 8.98. The van der Waals surface area contributed by atoms with E-state index in [2.05, 4.69) is 26.2 Å². The zero-order valence-electron chi connectivity index (χ0n) is 11.0. The van der Waals surface area contributed by atoms with E-state index in [1.54, 1.807) is 6.20 Å². The quantitative estimate of drug-likeness (QED) is 0.806. The van der Waals surface area contributed by atoms with E-state index in [1.165, 1.54) is 36.7 Å². The molecular formula is C13H20BrN3O2. The second kappa shape index (κ2) is 7.05. The van der Waals surface area contributed by atoms with E-state index in [9.17, 15) is 9.59 Å². The van der Waals surface area contributed by atoms with Crippen LogP contribution in [0.1, 0.15) is 38.5 Å². The van der Waals surface area contributed by atoms with Gasteiger partial charge < -0.3 is 5.32 Å². The largest absolute Gasteiger partial charge is 0.328 e. The second-order valence-corrected chi connectivity index (χ2v) is 5.93. The molecule has 0 saturated heterocycles. The van der Waals surface area contributed by atoms with Gasteiger partial charge in [0.05, 0.1) is 4.47 Å². The van der Waals surface area contributed by atoms with Gasteiger partial charge in [0.15, 0.2) is 0 Å². The number of hydrogen-bond acceptors (Lipinski definition) is 3. The van der Waals surface area contributed by atoms with E-state index in [-0.39, 0.29) is 11.2 Å². The van der Waals surface area contributed by atoms with Crippen molar-refractivity contribution >= 4 is 15.9 Å². The Hall–Kier alpha value is -0.880. The Morgan fingerprint density at radius 1 is 1.32 bits per heavy atom. The highest BCUT2D eigenvalue weighted by atomic mass is 79.9. The summed E-state index contributed by atoms with van der Waals surface area (Å²) < 4.78 is 1.93. The van der Waals surface area contributed by atoms with Gasteiger partial charge in [-0.3, -0.25) is 14.3 Å². The van der Waals surface area contributed by atoms with Crippen molar-refractivity contribution in [1.29, 1.82) is 0 Å². The predicted molar refractivity (Wildman–Crippen MR) is 78.5 cm³/mol. The number of nitrogens with zero attached hydrogens (tertiary/aromatic N) is 1. The molecule has 0 aliphatic heterocycles. The fourth-order valence-corrected chi connectivity index (χ4v) is 2.86. The molecule has 0 bridgehead atoms. The van der Waals surface area contributed by atoms with Gasteiger partial charge in [0.25, 0.3) is 5.56 Å². The van der Waals surface area contributed by atoms with Crippen LogP contribution in [0, 0.1) is 0 Å². The summed E-state index contributed by atoms with van der Waals surface area (Å²) in [6.45, 7) is 1.53. The Balaban J connectivity index is 1.78. The first-order valence-electron chi connectivity index (χ1n) is 6.89. The lowest BCUT2D eigenvalue weighted by Crippen LogP contribution is -2.34. The number of halogens is 1. The SMILES string of the molecule is O=c1[nH]c(=O)n(CCCNC2CCCCC2)cc1Br. The minimum absolute atomic E-state index is 0.342. The zero-order chi connectivity index (χ0) is 13.7. The number of aromatic nitrogens is 2. The van der Waals surface area contributed by atoms with Crippen molar-refractivity contribution < 1.29 is 0 Å². The molecule has 2 N–H and O–H groups in total. The minimum Gasteiger partial charge on any atom is -0.314 e. The van der Waals surface area contributed by atoms with Gasteiger partial charge in [-0.25, -0.2) is 4.79 Å². The van der Waals surface area contributed by atoms with Crippen LogP contribution in [0.4, 0.5) is 0 Å². The van der Waals surface area contributed by atoms with Crippen LogP contribution >= 0.6 is 15.9 Å². The Morgan fingerprint density at radius 3 is 2.79 bits per heavy atom. The molecule has 0 radical (unpaired) electrons. The van der Waals surface area contributed by atoms with Crippen LogP contribution in [0.3, 0.4) is 0 Å². The van der Waals surface area contributed by atoms with Gasteiger partial charge in [-0.05, 0) is 41.7 Å². The molecule has 1 aromatic rings.